The molecule has 0 fully saturated rings. The van der Waals surface area contributed by atoms with E-state index in [0.29, 0.717) is 16.6 Å². The van der Waals surface area contributed by atoms with Crippen molar-refractivity contribution in [1.82, 2.24) is 4.98 Å². The molecule has 0 atom stereocenters. The summed E-state index contributed by atoms with van der Waals surface area (Å²) in [7, 11) is 1.31. The summed E-state index contributed by atoms with van der Waals surface area (Å²) in [5.74, 6) is -0.374. The molecule has 0 bridgehead atoms. The second-order valence-electron chi connectivity index (χ2n) is 2.97. The Labute approximate surface area is 85.4 Å². The van der Waals surface area contributed by atoms with E-state index in [1.807, 2.05) is 0 Å². The largest absolute Gasteiger partial charge is 0.503 e. The van der Waals surface area contributed by atoms with Crippen LogP contribution in [-0.4, -0.2) is 23.2 Å². The van der Waals surface area contributed by atoms with E-state index in [0.717, 1.165) is 0 Å². The van der Waals surface area contributed by atoms with Crippen molar-refractivity contribution in [2.45, 2.75) is 0 Å². The fourth-order valence-electron chi connectivity index (χ4n) is 1.35. The summed E-state index contributed by atoms with van der Waals surface area (Å²) in [6, 6.07) is 3.03. The van der Waals surface area contributed by atoms with E-state index in [9.17, 15) is 9.90 Å². The number of ether oxygens (including phenoxy) is 1. The number of esters is 1. The standard InChI is InChI=1S/C10H8N2O3/c1-15-10(14)7-2-3-11-8-4-6(13)5-12-9(7)8/h2-5,13H,1H3/p+1. The molecule has 0 radical (unpaired) electrons. The third-order valence-corrected chi connectivity index (χ3v) is 2.03. The van der Waals surface area contributed by atoms with Gasteiger partial charge in [0.05, 0.1) is 7.11 Å². The highest BCUT2D eigenvalue weighted by molar-refractivity contribution is 6.00. The number of rotatable bonds is 1. The summed E-state index contributed by atoms with van der Waals surface area (Å²) in [6.07, 6.45) is 2.87. The van der Waals surface area contributed by atoms with E-state index in [-0.39, 0.29) is 5.75 Å². The number of aromatic amines is 1. The first kappa shape index (κ1) is 9.39. The van der Waals surface area contributed by atoms with Crippen LogP contribution < -0.4 is 4.98 Å². The summed E-state index contributed by atoms with van der Waals surface area (Å²) in [5.41, 5.74) is 1.45. The molecule has 15 heavy (non-hydrogen) atoms. The fourth-order valence-corrected chi connectivity index (χ4v) is 1.35. The van der Waals surface area contributed by atoms with Crippen molar-refractivity contribution in [3.63, 3.8) is 0 Å². The van der Waals surface area contributed by atoms with E-state index < -0.39 is 5.97 Å². The van der Waals surface area contributed by atoms with Gasteiger partial charge in [0, 0.05) is 12.3 Å². The van der Waals surface area contributed by atoms with Crippen LogP contribution in [0.4, 0.5) is 0 Å². The van der Waals surface area contributed by atoms with Crippen molar-refractivity contribution in [1.29, 1.82) is 0 Å². The Morgan fingerprint density at radius 1 is 1.60 bits per heavy atom. The van der Waals surface area contributed by atoms with Crippen molar-refractivity contribution in [3.8, 4) is 5.75 Å². The summed E-state index contributed by atoms with van der Waals surface area (Å²) >= 11 is 0. The lowest BCUT2D eigenvalue weighted by molar-refractivity contribution is -0.346. The quantitative estimate of drug-likeness (QED) is 0.689. The molecule has 0 unspecified atom stereocenters. The average Bonchev–Trinajstić information content (AvgIpc) is 2.26. The molecule has 2 N–H and O–H groups in total. The van der Waals surface area contributed by atoms with E-state index >= 15 is 0 Å². The topological polar surface area (TPSA) is 73.6 Å². The van der Waals surface area contributed by atoms with Gasteiger partial charge in [-0.25, -0.2) is 14.8 Å². The number of carbonyl (C=O) groups excluding carboxylic acids is 1. The maximum Gasteiger partial charge on any atom is 0.344 e. The van der Waals surface area contributed by atoms with Crippen LogP contribution >= 0.6 is 0 Å². The molecule has 0 spiro atoms. The third-order valence-electron chi connectivity index (χ3n) is 2.03. The first-order chi connectivity index (χ1) is 7.22. The Morgan fingerprint density at radius 3 is 3.13 bits per heavy atom. The molecule has 0 amide bonds. The van der Waals surface area contributed by atoms with Gasteiger partial charge < -0.3 is 9.84 Å². The monoisotopic (exact) mass is 205 g/mol. The molecule has 2 aromatic rings. The molecular formula is C10H9N2O3+. The molecule has 76 valence electrons. The lowest BCUT2D eigenvalue weighted by atomic mass is 10.2. The highest BCUT2D eigenvalue weighted by atomic mass is 16.5. The fraction of sp³-hybridized carbons (Fsp3) is 0.100. The van der Waals surface area contributed by atoms with Crippen LogP contribution in [-0.2, 0) is 4.74 Å². The number of hydrogen-bond donors (Lipinski definition) is 1. The van der Waals surface area contributed by atoms with Gasteiger partial charge in [-0.3, -0.25) is 0 Å². The van der Waals surface area contributed by atoms with Crippen LogP contribution in [0.2, 0.25) is 0 Å². The number of carbonyl (C=O) groups is 1. The SMILES string of the molecule is COC(=O)c1ccnc2cc(O)c[nH+]c12. The normalized spacial score (nSPS) is 10.2. The Morgan fingerprint density at radius 2 is 2.40 bits per heavy atom. The van der Waals surface area contributed by atoms with Gasteiger partial charge in [-0.15, -0.1) is 0 Å². The first-order valence-electron chi connectivity index (χ1n) is 4.30. The van der Waals surface area contributed by atoms with E-state index in [1.165, 1.54) is 25.6 Å². The van der Waals surface area contributed by atoms with Crippen LogP contribution in [0.25, 0.3) is 11.0 Å². The minimum Gasteiger partial charge on any atom is -0.503 e. The second-order valence-corrected chi connectivity index (χ2v) is 2.97. The van der Waals surface area contributed by atoms with Crippen molar-refractivity contribution < 1.29 is 19.6 Å². The molecule has 2 rings (SSSR count). The Bertz CT molecular complexity index is 525. The van der Waals surface area contributed by atoms with Gasteiger partial charge in [0.1, 0.15) is 11.1 Å². The van der Waals surface area contributed by atoms with Crippen molar-refractivity contribution in [2.24, 2.45) is 0 Å². The van der Waals surface area contributed by atoms with Gasteiger partial charge in [0.2, 0.25) is 11.7 Å². The summed E-state index contributed by atoms with van der Waals surface area (Å²) in [4.78, 5) is 18.2. The molecule has 5 nitrogen and oxygen atoms in total. The van der Waals surface area contributed by atoms with Gasteiger partial charge in [-0.1, -0.05) is 0 Å². The number of H-pyrrole nitrogens is 1. The zero-order chi connectivity index (χ0) is 10.8. The van der Waals surface area contributed by atoms with Gasteiger partial charge in [0.25, 0.3) is 0 Å². The van der Waals surface area contributed by atoms with Crippen molar-refractivity contribution >= 4 is 17.0 Å². The molecule has 0 aromatic carbocycles. The van der Waals surface area contributed by atoms with Gasteiger partial charge in [0.15, 0.2) is 5.75 Å². The number of nitrogens with one attached hydrogen (secondary N) is 1. The van der Waals surface area contributed by atoms with Gasteiger partial charge in [-0.2, -0.15) is 0 Å². The van der Waals surface area contributed by atoms with Crippen LogP contribution in [0, 0.1) is 0 Å². The molecule has 0 aliphatic carbocycles. The Balaban J connectivity index is 2.71. The predicted octanol–water partition coefficient (Wildman–Crippen LogP) is 0.541. The smallest absolute Gasteiger partial charge is 0.344 e. The number of nitrogens with zero attached hydrogens (tertiary/aromatic N) is 1. The maximum atomic E-state index is 11.4. The lowest BCUT2D eigenvalue weighted by Crippen LogP contribution is -2.11. The summed E-state index contributed by atoms with van der Waals surface area (Å²) < 4.78 is 4.63. The van der Waals surface area contributed by atoms with E-state index in [4.69, 9.17) is 0 Å². The average molecular weight is 205 g/mol. The molecule has 2 heterocycles. The predicted molar refractivity (Wildman–Crippen MR) is 51.3 cm³/mol. The number of methoxy groups -OCH3 is 1. The maximum absolute atomic E-state index is 11.4. The van der Waals surface area contributed by atoms with Gasteiger partial charge in [-0.05, 0) is 6.07 Å². The number of aromatic nitrogens is 2. The van der Waals surface area contributed by atoms with E-state index in [2.05, 4.69) is 14.7 Å². The number of pyridine rings is 2. The molecule has 0 saturated heterocycles. The lowest BCUT2D eigenvalue weighted by Gasteiger charge is -1.98. The highest BCUT2D eigenvalue weighted by Crippen LogP contribution is 2.15. The first-order valence-corrected chi connectivity index (χ1v) is 4.30. The second kappa shape index (κ2) is 3.53. The summed E-state index contributed by atoms with van der Waals surface area (Å²) in [6.45, 7) is 0. The minimum absolute atomic E-state index is 0.0667. The van der Waals surface area contributed by atoms with Crippen LogP contribution in [0.5, 0.6) is 5.75 Å². The Kier molecular flexibility index (Phi) is 2.21. The summed E-state index contributed by atoms with van der Waals surface area (Å²) in [5, 5.41) is 9.23. The van der Waals surface area contributed by atoms with Crippen LogP contribution in [0.1, 0.15) is 10.4 Å². The molecule has 0 saturated carbocycles. The molecule has 0 aliphatic rings. The molecular weight excluding hydrogens is 196 g/mol. The number of hydrogen-bond acceptors (Lipinski definition) is 4. The van der Waals surface area contributed by atoms with Crippen LogP contribution in [0.15, 0.2) is 24.5 Å². The zero-order valence-corrected chi connectivity index (χ0v) is 8.02. The molecule has 2 aromatic heterocycles. The Hall–Kier alpha value is -2.17. The highest BCUT2D eigenvalue weighted by Gasteiger charge is 2.16. The van der Waals surface area contributed by atoms with Gasteiger partial charge >= 0.3 is 5.97 Å². The van der Waals surface area contributed by atoms with E-state index in [1.54, 1.807) is 6.07 Å². The minimum atomic E-state index is -0.440. The van der Waals surface area contributed by atoms with Crippen LogP contribution in [0.3, 0.4) is 0 Å². The van der Waals surface area contributed by atoms with Crippen molar-refractivity contribution in [2.75, 3.05) is 7.11 Å². The number of fused-ring (bicyclic) bond motifs is 1. The zero-order valence-electron chi connectivity index (χ0n) is 8.02. The number of aromatic hydroxyl groups is 1. The third kappa shape index (κ3) is 1.59. The molecule has 0 aliphatic heterocycles. The van der Waals surface area contributed by atoms with Crippen molar-refractivity contribution in [3.05, 3.63) is 30.1 Å². The molecule has 5 heteroatoms.